The Hall–Kier alpha value is -9.57. The number of nitrogens with one attached hydrogen (secondary N) is 1. The summed E-state index contributed by atoms with van der Waals surface area (Å²) >= 11 is 0. The summed E-state index contributed by atoms with van der Waals surface area (Å²) in [7, 11) is 0. The summed E-state index contributed by atoms with van der Waals surface area (Å²) in [5, 5.41) is 3.02. The third kappa shape index (κ3) is 18.4. The molecule has 1 amide bonds. The fourth-order valence-corrected chi connectivity index (χ4v) is 13.8. The number of carbonyl (C=O) groups excluding carboxylic acids is 7. The molecule has 0 aromatic heterocycles. The molecule has 0 radical (unpaired) electrons. The molecule has 0 aliphatic carbocycles. The Morgan fingerprint density at radius 2 is 0.717 bits per heavy atom. The van der Waals surface area contributed by atoms with Crippen LogP contribution >= 0.6 is 0 Å². The molecular weight excluding hydrogens is 1370 g/mol. The van der Waals surface area contributed by atoms with Crippen molar-refractivity contribution in [3.8, 4) is 0 Å². The van der Waals surface area contributed by atoms with Crippen LogP contribution in [-0.4, -0.2) is 171 Å². The Labute approximate surface area is 614 Å². The molecule has 0 bridgehead atoms. The lowest BCUT2D eigenvalue weighted by Crippen LogP contribution is -2.68. The van der Waals surface area contributed by atoms with Gasteiger partial charge in [0.05, 0.1) is 70.4 Å². The Kier molecular flexibility index (Phi) is 25.3. The SMILES string of the molecule is CCC1O[C@@H](O[C@@H]2C(OC(=O)c3ccccc3)[C@H](O[C@@H]3C(CC)O[C@@H](OCc4ccccc4)C(OC(=O)c4ccccc4)[C@H]3C)OC(COC(=O)c3ccccc3)[C@@H]2OC(=O)c2ccccc2)C(NC(C)=O)[C@@H](C)[C@@H]1O[C@@H]1OC(COC(=O)c2ccccc2)[C@@H]2OC(C)(C)O[C@@H]2C1OC(=O)c1ccccc1. The Bertz CT molecular complexity index is 4050. The molecule has 5 heterocycles. The zero-order valence-corrected chi connectivity index (χ0v) is 59.7. The smallest absolute Gasteiger partial charge is 0.338 e. The molecule has 106 heavy (non-hydrogen) atoms. The maximum absolute atomic E-state index is 15.1. The van der Waals surface area contributed by atoms with Gasteiger partial charge in [-0.3, -0.25) is 4.79 Å². The van der Waals surface area contributed by atoms with E-state index in [4.69, 9.17) is 75.8 Å². The van der Waals surface area contributed by atoms with Gasteiger partial charge in [-0.2, -0.15) is 0 Å². The number of hydrogen-bond donors (Lipinski definition) is 1. The minimum atomic E-state index is -1.80. The minimum absolute atomic E-state index is 0.0683. The van der Waals surface area contributed by atoms with Gasteiger partial charge < -0.3 is 81.1 Å². The molecule has 5 aliphatic rings. The zero-order chi connectivity index (χ0) is 74.4. The van der Waals surface area contributed by atoms with Crippen LogP contribution in [0.5, 0.6) is 0 Å². The van der Waals surface area contributed by atoms with Gasteiger partial charge in [0.2, 0.25) is 5.91 Å². The summed E-state index contributed by atoms with van der Waals surface area (Å²) in [6, 6.07) is 57.5. The van der Waals surface area contributed by atoms with E-state index < -0.39 is 177 Å². The van der Waals surface area contributed by atoms with E-state index in [1.54, 1.807) is 185 Å². The van der Waals surface area contributed by atoms with Crippen molar-refractivity contribution >= 4 is 41.7 Å². The lowest BCUT2D eigenvalue weighted by atomic mass is 9.86. The predicted octanol–water partition coefficient (Wildman–Crippen LogP) is 11.0. The summed E-state index contributed by atoms with van der Waals surface area (Å²) in [5.41, 5.74) is 1.88. The normalized spacial score (nSPS) is 29.5. The first-order valence-electron chi connectivity index (χ1n) is 35.7. The topological polar surface area (TPSA) is 279 Å². The van der Waals surface area contributed by atoms with Crippen LogP contribution in [0.25, 0.3) is 0 Å². The van der Waals surface area contributed by atoms with Crippen LogP contribution in [0, 0.1) is 11.8 Å². The molecule has 7 aromatic rings. The molecule has 5 aliphatic heterocycles. The monoisotopic (exact) mass is 1450 g/mol. The molecule has 0 saturated carbocycles. The molecule has 24 heteroatoms. The quantitative estimate of drug-likeness (QED) is 0.0389. The fourth-order valence-electron chi connectivity index (χ4n) is 13.8. The van der Waals surface area contributed by atoms with E-state index in [0.29, 0.717) is 0 Å². The van der Waals surface area contributed by atoms with E-state index in [1.807, 2.05) is 44.2 Å². The van der Waals surface area contributed by atoms with Crippen molar-refractivity contribution in [2.75, 3.05) is 13.2 Å². The molecule has 0 spiro atoms. The number of benzene rings is 7. The second kappa shape index (κ2) is 35.2. The Balaban J connectivity index is 0.936. The third-order valence-electron chi connectivity index (χ3n) is 19.1. The first-order chi connectivity index (χ1) is 51.3. The lowest BCUT2D eigenvalue weighted by molar-refractivity contribution is -0.372. The molecule has 24 nitrogen and oxygen atoms in total. The number of fused-ring (bicyclic) bond motifs is 1. The van der Waals surface area contributed by atoms with Crippen LogP contribution in [-0.2, 0) is 87.2 Å². The molecular formula is C82H87NO23. The van der Waals surface area contributed by atoms with Crippen molar-refractivity contribution in [2.45, 2.75) is 184 Å². The number of ether oxygens (including phenoxy) is 16. The second-order valence-corrected chi connectivity index (χ2v) is 27.0. The van der Waals surface area contributed by atoms with Gasteiger partial charge in [0.25, 0.3) is 0 Å². The van der Waals surface area contributed by atoms with Gasteiger partial charge in [0, 0.05) is 18.8 Å². The van der Waals surface area contributed by atoms with E-state index >= 15 is 4.79 Å². The van der Waals surface area contributed by atoms with Crippen LogP contribution in [0.3, 0.4) is 0 Å². The number of amides is 1. The van der Waals surface area contributed by atoms with Crippen molar-refractivity contribution in [3.05, 3.63) is 251 Å². The lowest BCUT2D eigenvalue weighted by Gasteiger charge is -2.51. The Morgan fingerprint density at radius 1 is 0.368 bits per heavy atom. The van der Waals surface area contributed by atoms with Crippen molar-refractivity contribution in [3.63, 3.8) is 0 Å². The summed E-state index contributed by atoms with van der Waals surface area (Å²) in [4.78, 5) is 100. The van der Waals surface area contributed by atoms with Gasteiger partial charge in [-0.25, -0.2) is 28.8 Å². The van der Waals surface area contributed by atoms with Crippen molar-refractivity contribution < 1.29 is 109 Å². The van der Waals surface area contributed by atoms with Crippen LogP contribution in [0.4, 0.5) is 0 Å². The van der Waals surface area contributed by atoms with Gasteiger partial charge in [-0.1, -0.05) is 167 Å². The number of carbonyl (C=O) groups is 7. The largest absolute Gasteiger partial charge is 0.459 e. The van der Waals surface area contributed by atoms with E-state index in [1.165, 1.54) is 31.2 Å². The number of rotatable bonds is 26. The molecule has 7 aromatic carbocycles. The second-order valence-electron chi connectivity index (χ2n) is 27.0. The predicted molar refractivity (Wildman–Crippen MR) is 377 cm³/mol. The molecule has 12 rings (SSSR count). The average molecular weight is 1450 g/mol. The molecule has 558 valence electrons. The van der Waals surface area contributed by atoms with Crippen LogP contribution in [0.1, 0.15) is 129 Å². The zero-order valence-electron chi connectivity index (χ0n) is 59.7. The fraction of sp³-hybridized carbons (Fsp3) is 0.402. The number of hydrogen-bond acceptors (Lipinski definition) is 23. The molecule has 1 N–H and O–H groups in total. The van der Waals surface area contributed by atoms with Gasteiger partial charge >= 0.3 is 35.8 Å². The van der Waals surface area contributed by atoms with Crippen LogP contribution in [0.15, 0.2) is 212 Å². The molecule has 5 saturated heterocycles. The van der Waals surface area contributed by atoms with Gasteiger partial charge in [0.15, 0.2) is 55.4 Å². The highest BCUT2D eigenvalue weighted by Crippen LogP contribution is 2.44. The molecule has 8 unspecified atom stereocenters. The Morgan fingerprint density at radius 3 is 1.17 bits per heavy atom. The minimum Gasteiger partial charge on any atom is -0.459 e. The maximum atomic E-state index is 15.1. The summed E-state index contributed by atoms with van der Waals surface area (Å²) in [6.07, 6.45) is -22.3. The van der Waals surface area contributed by atoms with Crippen molar-refractivity contribution in [1.29, 1.82) is 0 Å². The van der Waals surface area contributed by atoms with E-state index in [0.717, 1.165) is 5.56 Å². The first-order valence-corrected chi connectivity index (χ1v) is 35.7. The van der Waals surface area contributed by atoms with Gasteiger partial charge in [-0.15, -0.1) is 0 Å². The van der Waals surface area contributed by atoms with Gasteiger partial charge in [-0.05, 0) is 105 Å². The van der Waals surface area contributed by atoms with E-state index in [-0.39, 0.29) is 59.4 Å². The maximum Gasteiger partial charge on any atom is 0.338 e. The highest BCUT2D eigenvalue weighted by atomic mass is 16.8. The van der Waals surface area contributed by atoms with Crippen molar-refractivity contribution in [2.24, 2.45) is 11.8 Å². The van der Waals surface area contributed by atoms with Crippen LogP contribution < -0.4 is 5.32 Å². The number of esters is 6. The molecule has 20 atom stereocenters. The summed E-state index contributed by atoms with van der Waals surface area (Å²) in [6.45, 7) is 11.0. The highest BCUT2D eigenvalue weighted by molar-refractivity contribution is 5.92. The third-order valence-corrected chi connectivity index (χ3v) is 19.1. The van der Waals surface area contributed by atoms with E-state index in [9.17, 15) is 28.8 Å². The average Bonchev–Trinajstić information content (AvgIpc) is 1.33. The first kappa shape index (κ1) is 76.1. The molecule has 5 fully saturated rings. The van der Waals surface area contributed by atoms with E-state index in [2.05, 4.69) is 5.32 Å². The summed E-state index contributed by atoms with van der Waals surface area (Å²) in [5.74, 6) is -8.22. The van der Waals surface area contributed by atoms with Gasteiger partial charge in [0.1, 0.15) is 43.7 Å². The van der Waals surface area contributed by atoms with Crippen LogP contribution in [0.2, 0.25) is 0 Å². The standard InChI is InChI=1S/C82H87NO23/c1-8-58-63(102-81-71(101-77(90)57-43-29-16-30-44-57)69-67(105-82(6,7)106-69)61(97-81)47-92-73(86)53-35-21-12-22-36-53)48(3)62(83-50(5)84)78(94-58)104-68-66(99-75(88)55-39-25-14-26-40-55)60(46-91-72(85)52-33-19-11-20-34-52)96-80(70(68)100-76(89)56-41-27-15-28-42-56)103-64-49(4)65(98-74(87)54-37-23-13-24-38-54)79(95-59(64)9-2)93-45-51-31-17-10-18-32-51/h10-44,48-49,58-71,78-81H,8-9,45-47H2,1-7H3,(H,83,84)/t48-,49+,58?,59?,60?,61?,62?,63+,64+,65?,66+,67+,68+,69+,70?,71?,78+,79-,80+,81+/m1/s1. The highest BCUT2D eigenvalue weighted by Gasteiger charge is 2.61. The summed E-state index contributed by atoms with van der Waals surface area (Å²) < 4.78 is 107. The van der Waals surface area contributed by atoms with Crippen molar-refractivity contribution in [1.82, 2.24) is 5.32 Å².